The molecule has 1 atom stereocenters. The molecule has 0 aliphatic carbocycles. The number of guanidine groups is 1. The van der Waals surface area contributed by atoms with E-state index in [1.165, 1.54) is 0 Å². The molecule has 1 amide bonds. The van der Waals surface area contributed by atoms with E-state index in [0.717, 1.165) is 24.3 Å². The van der Waals surface area contributed by atoms with Crippen molar-refractivity contribution in [2.45, 2.75) is 53.1 Å². The molecule has 0 fully saturated rings. The highest BCUT2D eigenvalue weighted by Gasteiger charge is 2.06. The van der Waals surface area contributed by atoms with E-state index in [1.54, 1.807) is 0 Å². The zero-order valence-corrected chi connectivity index (χ0v) is 18.6. The zero-order valence-electron chi connectivity index (χ0n) is 16.3. The third kappa shape index (κ3) is 9.84. The van der Waals surface area contributed by atoms with Crippen LogP contribution < -0.4 is 20.7 Å². The molecule has 1 aromatic rings. The van der Waals surface area contributed by atoms with Crippen LogP contribution in [0.3, 0.4) is 0 Å². The van der Waals surface area contributed by atoms with Crippen LogP contribution in [-0.2, 0) is 11.3 Å². The van der Waals surface area contributed by atoms with Crippen LogP contribution in [0.15, 0.2) is 29.3 Å². The van der Waals surface area contributed by atoms with Crippen molar-refractivity contribution >= 4 is 35.8 Å². The van der Waals surface area contributed by atoms with Gasteiger partial charge in [-0.1, -0.05) is 25.1 Å². The van der Waals surface area contributed by atoms with Gasteiger partial charge in [-0.05, 0) is 33.3 Å². The number of benzene rings is 1. The van der Waals surface area contributed by atoms with Crippen LogP contribution in [0, 0.1) is 0 Å². The first-order chi connectivity index (χ1) is 12.1. The second-order valence-corrected chi connectivity index (χ2v) is 5.79. The Bertz CT molecular complexity index is 552. The molecule has 0 aromatic heterocycles. The van der Waals surface area contributed by atoms with Crippen LogP contribution in [0.2, 0.25) is 0 Å². The van der Waals surface area contributed by atoms with E-state index >= 15 is 0 Å². The minimum Gasteiger partial charge on any atom is -0.494 e. The van der Waals surface area contributed by atoms with Crippen molar-refractivity contribution in [3.05, 3.63) is 29.8 Å². The Labute approximate surface area is 174 Å². The number of halogens is 1. The quantitative estimate of drug-likeness (QED) is 0.276. The Morgan fingerprint density at radius 3 is 2.58 bits per heavy atom. The third-order valence-corrected chi connectivity index (χ3v) is 3.69. The molecule has 0 saturated heterocycles. The highest BCUT2D eigenvalue weighted by molar-refractivity contribution is 14.0. The molecule has 7 heteroatoms. The largest absolute Gasteiger partial charge is 0.494 e. The SMILES string of the molecule is CCNC(=NCc1ccccc1OCC)NCCC(=O)NC(C)CC.I. The number of carbonyl (C=O) groups excluding carboxylic acids is 1. The Morgan fingerprint density at radius 1 is 1.19 bits per heavy atom. The summed E-state index contributed by atoms with van der Waals surface area (Å²) < 4.78 is 5.63. The lowest BCUT2D eigenvalue weighted by atomic mass is 10.2. The summed E-state index contributed by atoms with van der Waals surface area (Å²) in [5, 5.41) is 9.36. The second-order valence-electron chi connectivity index (χ2n) is 5.79. The normalized spacial score (nSPS) is 11.9. The lowest BCUT2D eigenvalue weighted by Gasteiger charge is -2.14. The first kappa shape index (κ1) is 24.5. The lowest BCUT2D eigenvalue weighted by molar-refractivity contribution is -0.121. The summed E-state index contributed by atoms with van der Waals surface area (Å²) in [5.41, 5.74) is 1.04. The van der Waals surface area contributed by atoms with E-state index < -0.39 is 0 Å². The second kappa shape index (κ2) is 14.6. The van der Waals surface area contributed by atoms with Gasteiger partial charge < -0.3 is 20.7 Å². The molecule has 0 radical (unpaired) electrons. The van der Waals surface area contributed by atoms with Gasteiger partial charge in [-0.15, -0.1) is 24.0 Å². The van der Waals surface area contributed by atoms with Gasteiger partial charge in [0, 0.05) is 31.1 Å². The number of para-hydroxylation sites is 1. The summed E-state index contributed by atoms with van der Waals surface area (Å²) in [6, 6.07) is 8.11. The van der Waals surface area contributed by atoms with E-state index in [1.807, 2.05) is 45.0 Å². The summed E-state index contributed by atoms with van der Waals surface area (Å²) in [7, 11) is 0. The van der Waals surface area contributed by atoms with E-state index in [9.17, 15) is 4.79 Å². The lowest BCUT2D eigenvalue weighted by Crippen LogP contribution is -2.40. The van der Waals surface area contributed by atoms with Gasteiger partial charge in [0.2, 0.25) is 5.91 Å². The van der Waals surface area contributed by atoms with Crippen LogP contribution in [-0.4, -0.2) is 37.6 Å². The van der Waals surface area contributed by atoms with Crippen LogP contribution in [0.4, 0.5) is 0 Å². The van der Waals surface area contributed by atoms with Crippen LogP contribution in [0.5, 0.6) is 5.75 Å². The van der Waals surface area contributed by atoms with Gasteiger partial charge >= 0.3 is 0 Å². The summed E-state index contributed by atoms with van der Waals surface area (Å²) in [6.45, 7) is 10.5. The highest BCUT2D eigenvalue weighted by atomic mass is 127. The number of rotatable bonds is 10. The molecule has 0 heterocycles. The summed E-state index contributed by atoms with van der Waals surface area (Å²) in [5.74, 6) is 1.61. The average Bonchev–Trinajstić information content (AvgIpc) is 2.60. The fourth-order valence-electron chi connectivity index (χ4n) is 2.18. The molecule has 26 heavy (non-hydrogen) atoms. The van der Waals surface area contributed by atoms with Gasteiger partial charge in [0.05, 0.1) is 13.2 Å². The molecular formula is C19H33IN4O2. The third-order valence-electron chi connectivity index (χ3n) is 3.69. The van der Waals surface area contributed by atoms with Crippen molar-refractivity contribution in [1.82, 2.24) is 16.0 Å². The van der Waals surface area contributed by atoms with E-state index in [-0.39, 0.29) is 35.9 Å². The fourth-order valence-corrected chi connectivity index (χ4v) is 2.18. The zero-order chi connectivity index (χ0) is 18.5. The van der Waals surface area contributed by atoms with Crippen LogP contribution >= 0.6 is 24.0 Å². The average molecular weight is 476 g/mol. The number of nitrogens with one attached hydrogen (secondary N) is 3. The Kier molecular flexibility index (Phi) is 13.8. The summed E-state index contributed by atoms with van der Waals surface area (Å²) in [4.78, 5) is 16.4. The highest BCUT2D eigenvalue weighted by Crippen LogP contribution is 2.18. The summed E-state index contributed by atoms with van der Waals surface area (Å²) in [6.07, 6.45) is 1.35. The van der Waals surface area contributed by atoms with Crippen molar-refractivity contribution < 1.29 is 9.53 Å². The molecule has 1 aromatic carbocycles. The van der Waals surface area contributed by atoms with Gasteiger partial charge in [-0.2, -0.15) is 0 Å². The molecule has 6 nitrogen and oxygen atoms in total. The van der Waals surface area contributed by atoms with Crippen molar-refractivity contribution in [3.8, 4) is 5.75 Å². The summed E-state index contributed by atoms with van der Waals surface area (Å²) >= 11 is 0. The van der Waals surface area contributed by atoms with Gasteiger partial charge in [0.25, 0.3) is 0 Å². The van der Waals surface area contributed by atoms with Gasteiger partial charge in [-0.25, -0.2) is 4.99 Å². The molecular weight excluding hydrogens is 443 g/mol. The van der Waals surface area contributed by atoms with E-state index in [4.69, 9.17) is 4.74 Å². The molecule has 1 rings (SSSR count). The van der Waals surface area contributed by atoms with Crippen LogP contribution in [0.25, 0.3) is 0 Å². The first-order valence-electron chi connectivity index (χ1n) is 9.12. The Hall–Kier alpha value is -1.51. The number of nitrogens with zero attached hydrogens (tertiary/aromatic N) is 1. The molecule has 0 aliphatic rings. The van der Waals surface area contributed by atoms with E-state index in [0.29, 0.717) is 32.1 Å². The van der Waals surface area contributed by atoms with E-state index in [2.05, 4.69) is 27.9 Å². The maximum atomic E-state index is 11.8. The van der Waals surface area contributed by atoms with Crippen LogP contribution in [0.1, 0.15) is 46.1 Å². The minimum atomic E-state index is 0. The maximum absolute atomic E-state index is 11.8. The topological polar surface area (TPSA) is 74.8 Å². The molecule has 3 N–H and O–H groups in total. The molecule has 0 bridgehead atoms. The predicted octanol–water partition coefficient (Wildman–Crippen LogP) is 3.06. The van der Waals surface area contributed by atoms with Crippen molar-refractivity contribution in [2.24, 2.45) is 4.99 Å². The van der Waals surface area contributed by atoms with Gasteiger partial charge in [0.15, 0.2) is 5.96 Å². The van der Waals surface area contributed by atoms with Crippen molar-refractivity contribution in [2.75, 3.05) is 19.7 Å². The fraction of sp³-hybridized carbons (Fsp3) is 0.579. The monoisotopic (exact) mass is 476 g/mol. The predicted molar refractivity (Wildman–Crippen MR) is 118 cm³/mol. The Balaban J connectivity index is 0.00000625. The number of ether oxygens (including phenoxy) is 1. The maximum Gasteiger partial charge on any atom is 0.221 e. The molecule has 1 unspecified atom stereocenters. The number of amides is 1. The number of aliphatic imine (C=N–C) groups is 1. The number of hydrogen-bond acceptors (Lipinski definition) is 3. The first-order valence-corrected chi connectivity index (χ1v) is 9.12. The number of hydrogen-bond donors (Lipinski definition) is 3. The molecule has 0 spiro atoms. The minimum absolute atomic E-state index is 0. The van der Waals surface area contributed by atoms with Gasteiger partial charge in [-0.3, -0.25) is 4.79 Å². The smallest absolute Gasteiger partial charge is 0.221 e. The van der Waals surface area contributed by atoms with Gasteiger partial charge in [0.1, 0.15) is 5.75 Å². The molecule has 0 saturated carbocycles. The number of carbonyl (C=O) groups is 1. The standard InChI is InChI=1S/C19H32N4O2.HI/c1-5-15(4)23-18(24)12-13-21-19(20-6-2)22-14-16-10-8-9-11-17(16)25-7-3;/h8-11,15H,5-7,12-14H2,1-4H3,(H,23,24)(H2,20,21,22);1H. The molecule has 148 valence electrons. The molecule has 0 aliphatic heterocycles. The van der Waals surface area contributed by atoms with Crippen molar-refractivity contribution in [1.29, 1.82) is 0 Å². The van der Waals surface area contributed by atoms with Crippen molar-refractivity contribution in [3.63, 3.8) is 0 Å². The Morgan fingerprint density at radius 2 is 1.92 bits per heavy atom.